The molecule has 0 N–H and O–H groups in total. The van der Waals surface area contributed by atoms with Crippen LogP contribution in [0, 0.1) is 0 Å². The molecular weight excluding hydrogens is 341 g/mol. The van der Waals surface area contributed by atoms with Crippen LogP contribution in [0.5, 0.6) is 0 Å². The van der Waals surface area contributed by atoms with Gasteiger partial charge >= 0.3 is 6.18 Å². The Morgan fingerprint density at radius 1 is 1.08 bits per heavy atom. The molecule has 0 saturated carbocycles. The Morgan fingerprint density at radius 3 is 2.54 bits per heavy atom. The maximum Gasteiger partial charge on any atom is 0.416 e. The van der Waals surface area contributed by atoms with Crippen LogP contribution in [0.1, 0.15) is 5.56 Å². The average Bonchev–Trinajstić information content (AvgIpc) is 3.11. The third-order valence-corrected chi connectivity index (χ3v) is 4.83. The Balaban J connectivity index is 1.77. The van der Waals surface area contributed by atoms with Crippen LogP contribution >= 0.6 is 0 Å². The van der Waals surface area contributed by atoms with E-state index in [1.807, 2.05) is 18.2 Å². The van der Waals surface area contributed by atoms with Gasteiger partial charge in [0.2, 0.25) is 0 Å². The molecule has 3 aromatic rings. The molecule has 1 saturated heterocycles. The van der Waals surface area contributed by atoms with Gasteiger partial charge in [-0.25, -0.2) is 4.98 Å². The fourth-order valence-electron chi connectivity index (χ4n) is 3.49. The minimum absolute atomic E-state index is 0.467. The number of anilines is 1. The van der Waals surface area contributed by atoms with Crippen LogP contribution in [0.15, 0.2) is 49.2 Å². The van der Waals surface area contributed by atoms with Crippen molar-refractivity contribution >= 4 is 22.4 Å². The fraction of sp³-hybridized carbons (Fsp3) is 0.316. The van der Waals surface area contributed by atoms with Crippen molar-refractivity contribution in [3.05, 3.63) is 54.7 Å². The summed E-state index contributed by atoms with van der Waals surface area (Å²) >= 11 is 0. The molecule has 0 atom stereocenters. The predicted octanol–water partition coefficient (Wildman–Crippen LogP) is 3.81. The van der Waals surface area contributed by atoms with E-state index in [4.69, 9.17) is 4.98 Å². The van der Waals surface area contributed by atoms with E-state index < -0.39 is 11.7 Å². The second-order valence-corrected chi connectivity index (χ2v) is 6.48. The highest BCUT2D eigenvalue weighted by atomic mass is 19.4. The van der Waals surface area contributed by atoms with Crippen molar-refractivity contribution in [2.45, 2.75) is 6.18 Å². The first kappa shape index (κ1) is 16.9. The van der Waals surface area contributed by atoms with Crippen LogP contribution in [0.2, 0.25) is 0 Å². The zero-order chi connectivity index (χ0) is 18.3. The monoisotopic (exact) mass is 360 g/mol. The first-order valence-corrected chi connectivity index (χ1v) is 8.53. The van der Waals surface area contributed by atoms with Crippen LogP contribution in [0.25, 0.3) is 16.6 Å². The molecule has 1 aliphatic rings. The zero-order valence-electron chi connectivity index (χ0n) is 14.2. The predicted molar refractivity (Wildman–Crippen MR) is 96.6 cm³/mol. The smallest absolute Gasteiger partial charge is 0.352 e. The molecule has 0 bridgehead atoms. The summed E-state index contributed by atoms with van der Waals surface area (Å²) in [5.74, 6) is 0.820. The summed E-state index contributed by atoms with van der Waals surface area (Å²) in [6.45, 7) is 8.11. The normalized spacial score (nSPS) is 16.5. The minimum atomic E-state index is -4.37. The lowest BCUT2D eigenvalue weighted by atomic mass is 10.2. The van der Waals surface area contributed by atoms with Crippen molar-refractivity contribution in [2.24, 2.45) is 0 Å². The molecule has 0 radical (unpaired) electrons. The Bertz CT molecular complexity index is 952. The third kappa shape index (κ3) is 2.92. The molecule has 1 fully saturated rings. The zero-order valence-corrected chi connectivity index (χ0v) is 14.2. The maximum atomic E-state index is 13.1. The van der Waals surface area contributed by atoms with E-state index in [9.17, 15) is 13.2 Å². The number of halogens is 3. The highest BCUT2D eigenvalue weighted by molar-refractivity contribution is 5.85. The molecule has 136 valence electrons. The largest absolute Gasteiger partial charge is 0.416 e. The summed E-state index contributed by atoms with van der Waals surface area (Å²) in [5, 5.41) is 0. The van der Waals surface area contributed by atoms with Gasteiger partial charge in [0, 0.05) is 38.9 Å². The van der Waals surface area contributed by atoms with Crippen molar-refractivity contribution in [1.29, 1.82) is 0 Å². The molecular formula is C19H19F3N4. The number of fused-ring (bicyclic) bond motifs is 3. The van der Waals surface area contributed by atoms with E-state index in [-0.39, 0.29) is 0 Å². The van der Waals surface area contributed by atoms with Crippen molar-refractivity contribution in [3.8, 4) is 0 Å². The van der Waals surface area contributed by atoms with Gasteiger partial charge in [-0.2, -0.15) is 13.2 Å². The van der Waals surface area contributed by atoms with Crippen molar-refractivity contribution < 1.29 is 13.2 Å². The SMILES string of the molecule is C=CCN1CCN(c2nc3ccc(C(F)(F)F)cc3n3cccc23)CC1. The number of hydrogen-bond acceptors (Lipinski definition) is 3. The molecule has 1 aromatic carbocycles. The average molecular weight is 360 g/mol. The first-order valence-electron chi connectivity index (χ1n) is 8.53. The van der Waals surface area contributed by atoms with Crippen LogP contribution in [-0.4, -0.2) is 47.0 Å². The van der Waals surface area contributed by atoms with E-state index >= 15 is 0 Å². The molecule has 2 aromatic heterocycles. The van der Waals surface area contributed by atoms with Crippen LogP contribution < -0.4 is 4.90 Å². The highest BCUT2D eigenvalue weighted by Crippen LogP contribution is 2.33. The quantitative estimate of drug-likeness (QED) is 0.664. The number of alkyl halides is 3. The number of hydrogen-bond donors (Lipinski definition) is 0. The van der Waals surface area contributed by atoms with Crippen LogP contribution in [0.3, 0.4) is 0 Å². The molecule has 7 heteroatoms. The third-order valence-electron chi connectivity index (χ3n) is 4.83. The summed E-state index contributed by atoms with van der Waals surface area (Å²) in [7, 11) is 0. The lowest BCUT2D eigenvalue weighted by molar-refractivity contribution is -0.137. The second kappa shape index (κ2) is 6.32. The van der Waals surface area contributed by atoms with Gasteiger partial charge in [-0.15, -0.1) is 6.58 Å². The molecule has 4 nitrogen and oxygen atoms in total. The lowest BCUT2D eigenvalue weighted by Gasteiger charge is -2.35. The van der Waals surface area contributed by atoms with E-state index in [0.29, 0.717) is 11.0 Å². The summed E-state index contributed by atoms with van der Waals surface area (Å²) in [5.41, 5.74) is 1.20. The van der Waals surface area contributed by atoms with E-state index in [2.05, 4.69) is 16.4 Å². The van der Waals surface area contributed by atoms with Gasteiger partial charge in [-0.1, -0.05) is 6.08 Å². The van der Waals surface area contributed by atoms with Crippen molar-refractivity contribution in [1.82, 2.24) is 14.3 Å². The Kier molecular flexibility index (Phi) is 4.11. The van der Waals surface area contributed by atoms with Crippen LogP contribution in [0.4, 0.5) is 19.0 Å². The van der Waals surface area contributed by atoms with E-state index in [1.54, 1.807) is 10.6 Å². The lowest BCUT2D eigenvalue weighted by Crippen LogP contribution is -2.46. The van der Waals surface area contributed by atoms with E-state index in [1.165, 1.54) is 12.1 Å². The van der Waals surface area contributed by atoms with Gasteiger partial charge < -0.3 is 9.30 Å². The highest BCUT2D eigenvalue weighted by Gasteiger charge is 2.31. The van der Waals surface area contributed by atoms with Crippen LogP contribution in [-0.2, 0) is 6.18 Å². The summed E-state index contributed by atoms with van der Waals surface area (Å²) < 4.78 is 41.0. The Labute approximate surface area is 149 Å². The molecule has 1 aliphatic heterocycles. The first-order chi connectivity index (χ1) is 12.5. The topological polar surface area (TPSA) is 23.8 Å². The number of piperazine rings is 1. The molecule has 26 heavy (non-hydrogen) atoms. The van der Waals surface area contributed by atoms with Gasteiger partial charge in [0.15, 0.2) is 5.82 Å². The maximum absolute atomic E-state index is 13.1. The van der Waals surface area contributed by atoms with Gasteiger partial charge in [0.05, 0.1) is 22.1 Å². The van der Waals surface area contributed by atoms with Gasteiger partial charge in [-0.05, 0) is 30.3 Å². The molecule has 3 heterocycles. The van der Waals surface area contributed by atoms with Crippen molar-refractivity contribution in [3.63, 3.8) is 0 Å². The summed E-state index contributed by atoms with van der Waals surface area (Å²) in [6, 6.07) is 7.46. The number of rotatable bonds is 3. The molecule has 0 spiro atoms. The minimum Gasteiger partial charge on any atom is -0.352 e. The second-order valence-electron chi connectivity index (χ2n) is 6.48. The molecule has 0 amide bonds. The van der Waals surface area contributed by atoms with Gasteiger partial charge in [-0.3, -0.25) is 4.90 Å². The molecule has 4 rings (SSSR count). The number of nitrogens with zero attached hydrogens (tertiary/aromatic N) is 4. The Morgan fingerprint density at radius 2 is 1.85 bits per heavy atom. The van der Waals surface area contributed by atoms with Gasteiger partial charge in [0.1, 0.15) is 0 Å². The summed E-state index contributed by atoms with van der Waals surface area (Å²) in [4.78, 5) is 9.21. The molecule has 0 unspecified atom stereocenters. The van der Waals surface area contributed by atoms with Gasteiger partial charge in [0.25, 0.3) is 0 Å². The number of aromatic nitrogens is 2. The van der Waals surface area contributed by atoms with Crippen molar-refractivity contribution in [2.75, 3.05) is 37.6 Å². The fourth-order valence-corrected chi connectivity index (χ4v) is 3.49. The summed E-state index contributed by atoms with van der Waals surface area (Å²) in [6.07, 6.45) is -0.682. The molecule has 0 aliphatic carbocycles. The van der Waals surface area contributed by atoms with E-state index in [0.717, 1.165) is 50.1 Å². The number of benzene rings is 1. The Hall–Kier alpha value is -2.54. The standard InChI is InChI=1S/C19H19F3N4/c1-2-7-24-9-11-25(12-10-24)18-16-4-3-8-26(16)17-13-14(19(20,21)22)5-6-15(17)23-18/h2-6,8,13H,1,7,9-12H2.